The normalized spacial score (nSPS) is 10.9. The molecule has 0 aliphatic heterocycles. The molecule has 0 fully saturated rings. The molecule has 4 nitrogen and oxygen atoms in total. The van der Waals surface area contributed by atoms with Gasteiger partial charge in [0.1, 0.15) is 11.5 Å². The van der Waals surface area contributed by atoms with Crippen molar-refractivity contribution in [3.63, 3.8) is 0 Å². The summed E-state index contributed by atoms with van der Waals surface area (Å²) in [6.07, 6.45) is 0. The van der Waals surface area contributed by atoms with Gasteiger partial charge in [0.05, 0.1) is 22.5 Å². The number of hydrogen-bond donors (Lipinski definition) is 4. The minimum Gasteiger partial charge on any atom is -0.506 e. The molecule has 0 saturated heterocycles. The molecule has 26 heavy (non-hydrogen) atoms. The van der Waals surface area contributed by atoms with Gasteiger partial charge in [0, 0.05) is 0 Å². The van der Waals surface area contributed by atoms with E-state index in [-0.39, 0.29) is 34.0 Å². The average molecular weight is 364 g/mol. The van der Waals surface area contributed by atoms with Crippen molar-refractivity contribution >= 4 is 11.4 Å². The van der Waals surface area contributed by atoms with Crippen molar-refractivity contribution in [3.05, 3.63) is 59.7 Å². The van der Waals surface area contributed by atoms with Gasteiger partial charge in [-0.15, -0.1) is 0 Å². The summed E-state index contributed by atoms with van der Waals surface area (Å²) in [5.74, 6) is -7.20. The SMILES string of the molecule is Nc1cc(-c2c(F)c(F)c(-c3ccc(O)c(N)c3)c(F)c2F)ccc1O. The van der Waals surface area contributed by atoms with E-state index in [1.165, 1.54) is 0 Å². The molecule has 0 unspecified atom stereocenters. The Labute approximate surface area is 144 Å². The zero-order chi connectivity index (χ0) is 19.2. The lowest BCUT2D eigenvalue weighted by molar-refractivity contribution is 0.462. The summed E-state index contributed by atoms with van der Waals surface area (Å²) < 4.78 is 58.1. The molecule has 0 aliphatic rings. The Morgan fingerprint density at radius 1 is 0.577 bits per heavy atom. The molecule has 0 aliphatic carbocycles. The van der Waals surface area contributed by atoms with Gasteiger partial charge < -0.3 is 21.7 Å². The second-order valence-corrected chi connectivity index (χ2v) is 5.55. The maximum atomic E-state index is 14.5. The lowest BCUT2D eigenvalue weighted by Crippen LogP contribution is -2.04. The highest BCUT2D eigenvalue weighted by Gasteiger charge is 2.27. The predicted molar refractivity (Wildman–Crippen MR) is 89.3 cm³/mol. The summed E-state index contributed by atoms with van der Waals surface area (Å²) in [4.78, 5) is 0. The Bertz CT molecular complexity index is 927. The number of rotatable bonds is 2. The van der Waals surface area contributed by atoms with Gasteiger partial charge in [-0.25, -0.2) is 17.6 Å². The van der Waals surface area contributed by atoms with Crippen molar-refractivity contribution in [2.45, 2.75) is 0 Å². The molecular weight excluding hydrogens is 352 g/mol. The number of phenols is 2. The van der Waals surface area contributed by atoms with E-state index in [1.807, 2.05) is 0 Å². The number of benzene rings is 3. The van der Waals surface area contributed by atoms with E-state index in [0.29, 0.717) is 0 Å². The van der Waals surface area contributed by atoms with Gasteiger partial charge >= 0.3 is 0 Å². The quantitative estimate of drug-likeness (QED) is 0.238. The number of nitrogen functional groups attached to an aromatic ring is 2. The van der Waals surface area contributed by atoms with Crippen LogP contribution in [0, 0.1) is 23.3 Å². The third-order valence-electron chi connectivity index (χ3n) is 3.90. The molecule has 0 bridgehead atoms. The Balaban J connectivity index is 2.28. The van der Waals surface area contributed by atoms with Crippen molar-refractivity contribution in [2.75, 3.05) is 11.5 Å². The van der Waals surface area contributed by atoms with E-state index in [9.17, 15) is 27.8 Å². The largest absolute Gasteiger partial charge is 0.506 e. The van der Waals surface area contributed by atoms with Crippen LogP contribution < -0.4 is 11.5 Å². The highest BCUT2D eigenvalue weighted by atomic mass is 19.2. The Kier molecular flexibility index (Phi) is 4.11. The van der Waals surface area contributed by atoms with E-state index in [0.717, 1.165) is 36.4 Å². The minimum absolute atomic E-state index is 0.211. The Morgan fingerprint density at radius 2 is 0.885 bits per heavy atom. The predicted octanol–water partition coefficient (Wildman–Crippen LogP) is 4.15. The van der Waals surface area contributed by atoms with Crippen LogP contribution in [0.1, 0.15) is 0 Å². The number of hydrogen-bond acceptors (Lipinski definition) is 4. The maximum Gasteiger partial charge on any atom is 0.170 e. The van der Waals surface area contributed by atoms with Gasteiger partial charge in [-0.3, -0.25) is 0 Å². The molecular formula is C18H12F4N2O2. The number of halogens is 4. The van der Waals surface area contributed by atoms with Gasteiger partial charge in [-0.05, 0) is 35.4 Å². The van der Waals surface area contributed by atoms with E-state index >= 15 is 0 Å². The van der Waals surface area contributed by atoms with Crippen molar-refractivity contribution in [1.29, 1.82) is 0 Å². The molecule has 3 aromatic rings. The molecule has 134 valence electrons. The van der Waals surface area contributed by atoms with E-state index < -0.39 is 34.4 Å². The van der Waals surface area contributed by atoms with Crippen molar-refractivity contribution in [1.82, 2.24) is 0 Å². The molecule has 0 atom stereocenters. The summed E-state index contributed by atoms with van der Waals surface area (Å²) in [5, 5.41) is 18.8. The first kappa shape index (κ1) is 17.4. The fraction of sp³-hybridized carbons (Fsp3) is 0. The molecule has 6 N–H and O–H groups in total. The smallest absolute Gasteiger partial charge is 0.170 e. The maximum absolute atomic E-state index is 14.5. The third kappa shape index (κ3) is 2.65. The molecule has 0 saturated carbocycles. The monoisotopic (exact) mass is 364 g/mol. The molecule has 0 heterocycles. The Morgan fingerprint density at radius 3 is 1.15 bits per heavy atom. The van der Waals surface area contributed by atoms with Gasteiger partial charge in [-0.2, -0.15) is 0 Å². The van der Waals surface area contributed by atoms with E-state index in [4.69, 9.17) is 11.5 Å². The highest BCUT2D eigenvalue weighted by molar-refractivity contribution is 5.77. The van der Waals surface area contributed by atoms with Gasteiger partial charge in [0.2, 0.25) is 0 Å². The average Bonchev–Trinajstić information content (AvgIpc) is 2.60. The van der Waals surface area contributed by atoms with Gasteiger partial charge in [-0.1, -0.05) is 12.1 Å². The van der Waals surface area contributed by atoms with Crippen LogP contribution in [-0.4, -0.2) is 10.2 Å². The van der Waals surface area contributed by atoms with E-state index in [1.54, 1.807) is 0 Å². The summed E-state index contributed by atoms with van der Waals surface area (Å²) >= 11 is 0. The molecule has 8 heteroatoms. The number of aromatic hydroxyl groups is 2. The fourth-order valence-electron chi connectivity index (χ4n) is 2.56. The van der Waals surface area contributed by atoms with Crippen molar-refractivity contribution < 1.29 is 27.8 Å². The topological polar surface area (TPSA) is 92.5 Å². The molecule has 3 rings (SSSR count). The summed E-state index contributed by atoms with van der Waals surface area (Å²) in [7, 11) is 0. The van der Waals surface area contributed by atoms with Crippen LogP contribution in [0.4, 0.5) is 28.9 Å². The fourth-order valence-corrected chi connectivity index (χ4v) is 2.56. The van der Waals surface area contributed by atoms with Crippen LogP contribution in [-0.2, 0) is 0 Å². The highest BCUT2D eigenvalue weighted by Crippen LogP contribution is 2.39. The van der Waals surface area contributed by atoms with Crippen LogP contribution in [0.2, 0.25) is 0 Å². The molecule has 0 amide bonds. The van der Waals surface area contributed by atoms with Crippen LogP contribution in [0.25, 0.3) is 22.3 Å². The zero-order valence-electron chi connectivity index (χ0n) is 13.0. The minimum atomic E-state index is -1.63. The van der Waals surface area contributed by atoms with Crippen LogP contribution in [0.5, 0.6) is 11.5 Å². The number of phenolic OH excluding ortho intramolecular Hbond substituents is 2. The summed E-state index contributed by atoms with van der Waals surface area (Å²) in [6.45, 7) is 0. The van der Waals surface area contributed by atoms with Crippen LogP contribution in [0.3, 0.4) is 0 Å². The van der Waals surface area contributed by atoms with Crippen LogP contribution >= 0.6 is 0 Å². The van der Waals surface area contributed by atoms with Crippen molar-refractivity contribution in [3.8, 4) is 33.8 Å². The van der Waals surface area contributed by atoms with Crippen molar-refractivity contribution in [2.24, 2.45) is 0 Å². The number of nitrogens with two attached hydrogens (primary N) is 2. The third-order valence-corrected chi connectivity index (χ3v) is 3.90. The molecule has 3 aromatic carbocycles. The summed E-state index contributed by atoms with van der Waals surface area (Å²) in [6, 6.07) is 6.23. The molecule has 0 radical (unpaired) electrons. The first-order valence-corrected chi connectivity index (χ1v) is 7.26. The molecule has 0 spiro atoms. The molecule has 0 aromatic heterocycles. The summed E-state index contributed by atoms with van der Waals surface area (Å²) in [5.41, 5.74) is 8.11. The lowest BCUT2D eigenvalue weighted by atomic mass is 9.96. The second-order valence-electron chi connectivity index (χ2n) is 5.55. The van der Waals surface area contributed by atoms with Gasteiger partial charge in [0.25, 0.3) is 0 Å². The van der Waals surface area contributed by atoms with Crippen LogP contribution in [0.15, 0.2) is 36.4 Å². The second kappa shape index (κ2) is 6.14. The van der Waals surface area contributed by atoms with Gasteiger partial charge in [0.15, 0.2) is 23.3 Å². The first-order valence-electron chi connectivity index (χ1n) is 7.26. The van der Waals surface area contributed by atoms with E-state index in [2.05, 4.69) is 0 Å². The standard InChI is InChI=1S/C18H12F4N2O2/c19-15-13(7-1-3-11(25)9(23)5-7)16(20)18(22)14(17(15)21)8-2-4-12(26)10(24)6-8/h1-6,25-26H,23-24H2. The number of anilines is 2. The zero-order valence-corrected chi connectivity index (χ0v) is 13.0. The Hall–Kier alpha value is -3.42. The first-order chi connectivity index (χ1) is 12.2. The lowest BCUT2D eigenvalue weighted by Gasteiger charge is -2.14.